The average Bonchev–Trinajstić information content (AvgIpc) is 1.85. The average molecular weight is 183 g/mol. The highest BCUT2D eigenvalue weighted by molar-refractivity contribution is 8.28. The Morgan fingerprint density at radius 1 is 1.27 bits per heavy atom. The van der Waals surface area contributed by atoms with E-state index in [9.17, 15) is 0 Å². The van der Waals surface area contributed by atoms with Crippen molar-refractivity contribution in [2.75, 3.05) is 0 Å². The van der Waals surface area contributed by atoms with E-state index < -0.39 is 7.22 Å². The van der Waals surface area contributed by atoms with Crippen LogP contribution in [0.1, 0.15) is 0 Å². The molecule has 1 nitrogen and oxygen atoms in total. The molecule has 0 spiro atoms. The van der Waals surface area contributed by atoms with E-state index in [0.717, 1.165) is 5.03 Å². The molecule has 0 aliphatic carbocycles. The van der Waals surface area contributed by atoms with Gasteiger partial charge in [0.05, 0.1) is 5.03 Å². The van der Waals surface area contributed by atoms with Crippen LogP contribution in [0, 0.1) is 0 Å². The van der Waals surface area contributed by atoms with Crippen LogP contribution < -0.4 is 0 Å². The highest BCUT2D eigenvalue weighted by atomic mass is 32.4. The fourth-order valence-corrected chi connectivity index (χ4v) is 3.85. The molecule has 60 valence electrons. The highest BCUT2D eigenvalue weighted by Gasteiger charge is 2.14. The molecule has 0 atom stereocenters. The molecular formula is C8H13NSSi. The van der Waals surface area contributed by atoms with Gasteiger partial charge in [-0.1, -0.05) is 25.7 Å². The number of pyridine rings is 1. The molecule has 0 aromatic carbocycles. The van der Waals surface area contributed by atoms with Crippen LogP contribution in [0.2, 0.25) is 19.6 Å². The molecule has 0 aliphatic rings. The van der Waals surface area contributed by atoms with Gasteiger partial charge in [0.15, 0.2) is 0 Å². The van der Waals surface area contributed by atoms with Gasteiger partial charge in [-0.2, -0.15) is 0 Å². The quantitative estimate of drug-likeness (QED) is 0.654. The maximum Gasteiger partial charge on any atom is 0.116 e. The van der Waals surface area contributed by atoms with Gasteiger partial charge in [-0.15, -0.1) is 11.2 Å². The zero-order valence-corrected chi connectivity index (χ0v) is 8.98. The molecule has 0 radical (unpaired) electrons. The zero-order chi connectivity index (χ0) is 8.32. The summed E-state index contributed by atoms with van der Waals surface area (Å²) in [6.07, 6.45) is 1.85. The Morgan fingerprint density at radius 2 is 2.00 bits per heavy atom. The van der Waals surface area contributed by atoms with E-state index in [1.807, 2.05) is 29.5 Å². The smallest absolute Gasteiger partial charge is 0.116 e. The van der Waals surface area contributed by atoms with E-state index in [1.54, 1.807) is 0 Å². The number of rotatable bonds is 2. The fourth-order valence-electron chi connectivity index (χ4n) is 0.721. The molecule has 0 N–H and O–H groups in total. The molecule has 3 heteroatoms. The van der Waals surface area contributed by atoms with Crippen LogP contribution in [0.4, 0.5) is 0 Å². The van der Waals surface area contributed by atoms with Crippen molar-refractivity contribution in [1.29, 1.82) is 0 Å². The van der Waals surface area contributed by atoms with Crippen molar-refractivity contribution in [2.24, 2.45) is 0 Å². The molecule has 1 aromatic heterocycles. The Bertz CT molecular complexity index is 217. The monoisotopic (exact) mass is 183 g/mol. The summed E-state index contributed by atoms with van der Waals surface area (Å²) in [5.74, 6) is 0. The van der Waals surface area contributed by atoms with Crippen LogP contribution in [-0.2, 0) is 0 Å². The van der Waals surface area contributed by atoms with Crippen LogP contribution in [-0.4, -0.2) is 12.2 Å². The van der Waals surface area contributed by atoms with Crippen LogP contribution in [0.5, 0.6) is 0 Å². The lowest BCUT2D eigenvalue weighted by atomic mass is 10.5. The lowest BCUT2D eigenvalue weighted by Crippen LogP contribution is -2.13. The first-order valence-corrected chi connectivity index (χ1v) is 8.72. The third kappa shape index (κ3) is 3.58. The molecule has 0 saturated heterocycles. The van der Waals surface area contributed by atoms with Gasteiger partial charge < -0.3 is 0 Å². The molecule has 1 aromatic rings. The van der Waals surface area contributed by atoms with E-state index in [-0.39, 0.29) is 0 Å². The van der Waals surface area contributed by atoms with Crippen molar-refractivity contribution in [3.05, 3.63) is 24.4 Å². The minimum absolute atomic E-state index is 1.04. The minimum atomic E-state index is -1.04. The summed E-state index contributed by atoms with van der Waals surface area (Å²) >= 11 is 1.93. The van der Waals surface area contributed by atoms with Crippen molar-refractivity contribution in [1.82, 2.24) is 4.98 Å². The maximum atomic E-state index is 4.26. The molecule has 0 saturated carbocycles. The molecule has 0 aliphatic heterocycles. The Labute approximate surface area is 72.9 Å². The topological polar surface area (TPSA) is 12.9 Å². The van der Waals surface area contributed by atoms with Gasteiger partial charge in [-0.05, 0) is 12.1 Å². The molecule has 0 bridgehead atoms. The minimum Gasteiger partial charge on any atom is -0.251 e. The Morgan fingerprint density at radius 3 is 2.45 bits per heavy atom. The Hall–Kier alpha value is -0.283. The molecule has 1 rings (SSSR count). The summed E-state index contributed by atoms with van der Waals surface area (Å²) in [5.41, 5.74) is 0. The number of nitrogens with zero attached hydrogens (tertiary/aromatic N) is 1. The van der Waals surface area contributed by atoms with Crippen molar-refractivity contribution < 1.29 is 0 Å². The van der Waals surface area contributed by atoms with Crippen molar-refractivity contribution >= 4 is 18.4 Å². The molecule has 0 unspecified atom stereocenters. The molecule has 0 amide bonds. The summed E-state index contributed by atoms with van der Waals surface area (Å²) in [6.45, 7) is 6.98. The van der Waals surface area contributed by atoms with Gasteiger partial charge >= 0.3 is 0 Å². The van der Waals surface area contributed by atoms with Crippen LogP contribution in [0.15, 0.2) is 29.4 Å². The van der Waals surface area contributed by atoms with E-state index in [4.69, 9.17) is 0 Å². The van der Waals surface area contributed by atoms with Gasteiger partial charge in [-0.3, -0.25) is 4.98 Å². The SMILES string of the molecule is C[Si](C)(C)Sc1ccccn1. The summed E-state index contributed by atoms with van der Waals surface area (Å²) < 4.78 is 0. The molecular weight excluding hydrogens is 170 g/mol. The normalized spacial score (nSPS) is 11.5. The first-order valence-electron chi connectivity index (χ1n) is 3.68. The summed E-state index contributed by atoms with van der Waals surface area (Å²) in [7, 11) is -1.04. The lowest BCUT2D eigenvalue weighted by Gasteiger charge is -2.13. The Balaban J connectivity index is 2.66. The van der Waals surface area contributed by atoms with Crippen molar-refractivity contribution in [3.63, 3.8) is 0 Å². The molecule has 11 heavy (non-hydrogen) atoms. The second kappa shape index (κ2) is 3.41. The Kier molecular flexibility index (Phi) is 2.73. The van der Waals surface area contributed by atoms with Crippen LogP contribution >= 0.6 is 11.2 Å². The second-order valence-electron chi connectivity index (χ2n) is 3.38. The summed E-state index contributed by atoms with van der Waals surface area (Å²) in [5, 5.41) is 1.16. The van der Waals surface area contributed by atoms with E-state index in [1.165, 1.54) is 0 Å². The predicted molar refractivity (Wildman–Crippen MR) is 53.4 cm³/mol. The van der Waals surface area contributed by atoms with Crippen LogP contribution in [0.3, 0.4) is 0 Å². The third-order valence-corrected chi connectivity index (χ3v) is 4.58. The highest BCUT2D eigenvalue weighted by Crippen LogP contribution is 2.26. The number of hydrogen-bond donors (Lipinski definition) is 0. The third-order valence-electron chi connectivity index (χ3n) is 1.05. The van der Waals surface area contributed by atoms with Gasteiger partial charge in [-0.25, -0.2) is 0 Å². The van der Waals surface area contributed by atoms with Gasteiger partial charge in [0.25, 0.3) is 0 Å². The van der Waals surface area contributed by atoms with Crippen molar-refractivity contribution in [2.45, 2.75) is 24.7 Å². The van der Waals surface area contributed by atoms with Gasteiger partial charge in [0.2, 0.25) is 0 Å². The summed E-state index contributed by atoms with van der Waals surface area (Å²) in [4.78, 5) is 4.26. The van der Waals surface area contributed by atoms with E-state index >= 15 is 0 Å². The first-order chi connectivity index (χ1) is 5.08. The maximum absolute atomic E-state index is 4.26. The second-order valence-corrected chi connectivity index (χ2v) is 12.5. The number of aromatic nitrogens is 1. The van der Waals surface area contributed by atoms with E-state index in [2.05, 4.69) is 30.7 Å². The lowest BCUT2D eigenvalue weighted by molar-refractivity contribution is 1.14. The summed E-state index contributed by atoms with van der Waals surface area (Å²) in [6, 6.07) is 6.06. The predicted octanol–water partition coefficient (Wildman–Crippen LogP) is 3.01. The molecule has 0 fully saturated rings. The van der Waals surface area contributed by atoms with Crippen LogP contribution in [0.25, 0.3) is 0 Å². The van der Waals surface area contributed by atoms with Crippen molar-refractivity contribution in [3.8, 4) is 0 Å². The first kappa shape index (κ1) is 8.81. The largest absolute Gasteiger partial charge is 0.251 e. The van der Waals surface area contributed by atoms with Gasteiger partial charge in [0, 0.05) is 6.20 Å². The number of hydrogen-bond acceptors (Lipinski definition) is 2. The standard InChI is InChI=1S/C8H13NSSi/c1-11(2,3)10-8-6-4-5-7-9-8/h4-7H,1-3H3. The van der Waals surface area contributed by atoms with E-state index in [0.29, 0.717) is 0 Å². The molecule has 1 heterocycles. The van der Waals surface area contributed by atoms with Gasteiger partial charge in [0.1, 0.15) is 7.22 Å². The zero-order valence-electron chi connectivity index (χ0n) is 7.16. The fraction of sp³-hybridized carbons (Fsp3) is 0.375.